The monoisotopic (exact) mass is 469 g/mol. The molecule has 7 nitrogen and oxygen atoms in total. The van der Waals surface area contributed by atoms with Crippen molar-refractivity contribution in [1.82, 2.24) is 14.3 Å². The number of halogens is 3. The third kappa shape index (κ3) is 4.39. The lowest BCUT2D eigenvalue weighted by atomic mass is 10.0. The van der Waals surface area contributed by atoms with Gasteiger partial charge in [-0.1, -0.05) is 6.07 Å². The molecule has 2 heterocycles. The summed E-state index contributed by atoms with van der Waals surface area (Å²) in [6, 6.07) is 11.1. The van der Waals surface area contributed by atoms with Crippen LogP contribution in [0.1, 0.15) is 24.1 Å². The molecule has 0 saturated carbocycles. The van der Waals surface area contributed by atoms with E-state index in [1.165, 1.54) is 23.7 Å². The van der Waals surface area contributed by atoms with Crippen molar-refractivity contribution in [2.45, 2.75) is 19.1 Å². The molecule has 1 atom stereocenters. The van der Waals surface area contributed by atoms with Crippen molar-refractivity contribution in [3.8, 4) is 11.1 Å². The van der Waals surface area contributed by atoms with Crippen molar-refractivity contribution in [2.24, 2.45) is 14.1 Å². The van der Waals surface area contributed by atoms with Gasteiger partial charge in [-0.2, -0.15) is 18.3 Å². The number of hydrogen-bond acceptors (Lipinski definition) is 5. The van der Waals surface area contributed by atoms with Gasteiger partial charge in [0.1, 0.15) is 0 Å². The number of aryl methyl sites for hydroxylation is 2. The smallest absolute Gasteiger partial charge is 0.399 e. The largest absolute Gasteiger partial charge is 0.416 e. The molecule has 4 rings (SSSR count). The van der Waals surface area contributed by atoms with Gasteiger partial charge in [-0.3, -0.25) is 9.59 Å². The first kappa shape index (κ1) is 23.1. The lowest BCUT2D eigenvalue weighted by Gasteiger charge is -2.19. The number of benzene rings is 2. The number of fused-ring (bicyclic) bond motifs is 1. The Morgan fingerprint density at radius 2 is 1.68 bits per heavy atom. The zero-order valence-corrected chi connectivity index (χ0v) is 18.6. The lowest BCUT2D eigenvalue weighted by Crippen LogP contribution is -2.22. The molecule has 0 fully saturated rings. The highest BCUT2D eigenvalue weighted by atomic mass is 19.4. The Bertz CT molecular complexity index is 1520. The van der Waals surface area contributed by atoms with Gasteiger partial charge in [0.15, 0.2) is 5.82 Å². The van der Waals surface area contributed by atoms with E-state index in [2.05, 4.69) is 10.4 Å². The molecule has 0 aliphatic heterocycles. The Labute approximate surface area is 192 Å². The normalized spacial score (nSPS) is 12.6. The zero-order valence-electron chi connectivity index (χ0n) is 18.6. The summed E-state index contributed by atoms with van der Waals surface area (Å²) >= 11 is 0. The van der Waals surface area contributed by atoms with Gasteiger partial charge in [-0.25, -0.2) is 4.68 Å². The van der Waals surface area contributed by atoms with E-state index in [1.807, 2.05) is 0 Å². The van der Waals surface area contributed by atoms with Gasteiger partial charge in [0, 0.05) is 37.4 Å². The fourth-order valence-corrected chi connectivity index (χ4v) is 3.74. The number of rotatable bonds is 4. The first-order valence-electron chi connectivity index (χ1n) is 10.4. The van der Waals surface area contributed by atoms with E-state index in [0.717, 1.165) is 16.8 Å². The van der Waals surface area contributed by atoms with Crippen LogP contribution in [0.4, 0.5) is 24.7 Å². The third-order valence-electron chi connectivity index (χ3n) is 5.64. The summed E-state index contributed by atoms with van der Waals surface area (Å²) < 4.78 is 42.4. The molecule has 2 aromatic heterocycles. The SMILES string of the molecule is CC(Nc1nn(C)c(=O)c2ccc(-c3ccn(C)c(=O)c3)cc12)c1cc(N)cc(C(F)(F)F)c1. The summed E-state index contributed by atoms with van der Waals surface area (Å²) in [5, 5.41) is 8.27. The minimum atomic E-state index is -4.53. The quantitative estimate of drug-likeness (QED) is 0.440. The molecular formula is C24H22F3N5O2. The number of nitrogens with one attached hydrogen (secondary N) is 1. The van der Waals surface area contributed by atoms with Crippen molar-refractivity contribution in [3.05, 3.63) is 86.6 Å². The molecule has 10 heteroatoms. The van der Waals surface area contributed by atoms with Crippen LogP contribution in [-0.4, -0.2) is 14.3 Å². The fourth-order valence-electron chi connectivity index (χ4n) is 3.74. The van der Waals surface area contributed by atoms with Crippen molar-refractivity contribution in [2.75, 3.05) is 11.1 Å². The number of nitrogen functional groups attached to an aromatic ring is 1. The van der Waals surface area contributed by atoms with E-state index in [9.17, 15) is 22.8 Å². The molecule has 176 valence electrons. The van der Waals surface area contributed by atoms with Crippen LogP contribution in [0, 0.1) is 0 Å². The minimum absolute atomic E-state index is 0.00954. The number of pyridine rings is 1. The summed E-state index contributed by atoms with van der Waals surface area (Å²) in [5.41, 5.74) is 6.02. The molecule has 3 N–H and O–H groups in total. The molecule has 0 radical (unpaired) electrons. The van der Waals surface area contributed by atoms with E-state index in [0.29, 0.717) is 33.3 Å². The first-order valence-corrected chi connectivity index (χ1v) is 10.4. The van der Waals surface area contributed by atoms with Crippen LogP contribution in [0.15, 0.2) is 64.3 Å². The van der Waals surface area contributed by atoms with Gasteiger partial charge in [0.2, 0.25) is 0 Å². The molecule has 0 amide bonds. The second kappa shape index (κ2) is 8.36. The van der Waals surface area contributed by atoms with E-state index in [-0.39, 0.29) is 16.8 Å². The van der Waals surface area contributed by atoms with Gasteiger partial charge < -0.3 is 15.6 Å². The summed E-state index contributed by atoms with van der Waals surface area (Å²) in [4.78, 5) is 24.7. The summed E-state index contributed by atoms with van der Waals surface area (Å²) in [6.45, 7) is 1.68. The van der Waals surface area contributed by atoms with Crippen LogP contribution in [0.5, 0.6) is 0 Å². The molecule has 2 aromatic carbocycles. The summed E-state index contributed by atoms with van der Waals surface area (Å²) in [5.74, 6) is 0.311. The Morgan fingerprint density at radius 3 is 2.35 bits per heavy atom. The molecule has 4 aromatic rings. The van der Waals surface area contributed by atoms with E-state index < -0.39 is 17.8 Å². The van der Waals surface area contributed by atoms with Gasteiger partial charge in [-0.05, 0) is 60.0 Å². The van der Waals surface area contributed by atoms with Crippen LogP contribution in [-0.2, 0) is 20.3 Å². The fraction of sp³-hybridized carbons (Fsp3) is 0.208. The van der Waals surface area contributed by atoms with Crippen LogP contribution < -0.4 is 22.2 Å². The van der Waals surface area contributed by atoms with E-state index in [1.54, 1.807) is 44.4 Å². The van der Waals surface area contributed by atoms with Crippen molar-refractivity contribution < 1.29 is 13.2 Å². The highest BCUT2D eigenvalue weighted by molar-refractivity contribution is 5.94. The van der Waals surface area contributed by atoms with Crippen molar-refractivity contribution in [1.29, 1.82) is 0 Å². The average Bonchev–Trinajstić information content (AvgIpc) is 2.77. The minimum Gasteiger partial charge on any atom is -0.399 e. The number of nitrogens with two attached hydrogens (primary N) is 1. The number of nitrogens with zero attached hydrogens (tertiary/aromatic N) is 3. The first-order chi connectivity index (χ1) is 15.9. The molecule has 0 saturated heterocycles. The molecule has 0 spiro atoms. The Balaban J connectivity index is 1.81. The highest BCUT2D eigenvalue weighted by Gasteiger charge is 2.31. The molecule has 0 aliphatic carbocycles. The maximum atomic E-state index is 13.3. The number of alkyl halides is 3. The summed E-state index contributed by atoms with van der Waals surface area (Å²) in [6.07, 6.45) is -2.89. The number of aromatic nitrogens is 3. The van der Waals surface area contributed by atoms with Crippen LogP contribution >= 0.6 is 0 Å². The Hall–Kier alpha value is -4.08. The topological polar surface area (TPSA) is 94.9 Å². The number of anilines is 2. The van der Waals surface area contributed by atoms with Gasteiger partial charge >= 0.3 is 6.18 Å². The Kier molecular flexibility index (Phi) is 5.68. The predicted molar refractivity (Wildman–Crippen MR) is 126 cm³/mol. The van der Waals surface area contributed by atoms with Gasteiger partial charge in [0.25, 0.3) is 11.1 Å². The zero-order chi connectivity index (χ0) is 24.8. The molecule has 34 heavy (non-hydrogen) atoms. The third-order valence-corrected chi connectivity index (χ3v) is 5.64. The maximum Gasteiger partial charge on any atom is 0.416 e. The van der Waals surface area contributed by atoms with Crippen LogP contribution in [0.2, 0.25) is 0 Å². The highest BCUT2D eigenvalue weighted by Crippen LogP contribution is 2.34. The molecule has 0 aliphatic rings. The second-order valence-electron chi connectivity index (χ2n) is 8.15. The van der Waals surface area contributed by atoms with Gasteiger partial charge in [-0.15, -0.1) is 0 Å². The Morgan fingerprint density at radius 1 is 0.971 bits per heavy atom. The van der Waals surface area contributed by atoms with E-state index in [4.69, 9.17) is 5.73 Å². The predicted octanol–water partition coefficient (Wildman–Crippen LogP) is 4.07. The van der Waals surface area contributed by atoms with Crippen LogP contribution in [0.25, 0.3) is 21.9 Å². The molecule has 1 unspecified atom stereocenters. The van der Waals surface area contributed by atoms with E-state index >= 15 is 0 Å². The lowest BCUT2D eigenvalue weighted by molar-refractivity contribution is -0.137. The van der Waals surface area contributed by atoms with Gasteiger partial charge in [0.05, 0.1) is 17.0 Å². The summed E-state index contributed by atoms with van der Waals surface area (Å²) in [7, 11) is 3.14. The van der Waals surface area contributed by atoms with Crippen molar-refractivity contribution >= 4 is 22.3 Å². The molecular weight excluding hydrogens is 447 g/mol. The second-order valence-corrected chi connectivity index (χ2v) is 8.15. The molecule has 0 bridgehead atoms. The number of hydrogen-bond donors (Lipinski definition) is 2. The van der Waals surface area contributed by atoms with Crippen LogP contribution in [0.3, 0.4) is 0 Å². The standard InChI is InChI=1S/C24H22F3N5O2/c1-13(16-8-17(24(25,26)27)12-18(28)9-16)29-22-20-10-14(15-6-7-31(2)21(33)11-15)4-5-19(20)23(34)32(3)30-22/h4-13H,28H2,1-3H3,(H,29,30). The maximum absolute atomic E-state index is 13.3. The average molecular weight is 469 g/mol. The van der Waals surface area contributed by atoms with Crippen molar-refractivity contribution in [3.63, 3.8) is 0 Å².